The quantitative estimate of drug-likeness (QED) is 0.645. The Bertz CT molecular complexity index is 73.2. The molecule has 0 saturated carbocycles. The average Bonchev–Trinajstić information content (AvgIpc) is 1.87. The zero-order chi connectivity index (χ0) is 10.1. The van der Waals surface area contributed by atoms with Crippen LogP contribution in [0.3, 0.4) is 0 Å². The Balaban J connectivity index is 0. The largest absolute Gasteiger partial charge is 0.312 e. The molecule has 2 nitrogen and oxygen atoms in total. The minimum absolute atomic E-state index is 0.787. The lowest BCUT2D eigenvalue weighted by atomic mass is 10.1. The second-order valence-corrected chi connectivity index (χ2v) is 3.78. The van der Waals surface area contributed by atoms with Crippen LogP contribution in [0.5, 0.6) is 0 Å². The van der Waals surface area contributed by atoms with Crippen molar-refractivity contribution in [2.24, 2.45) is 0 Å². The maximum absolute atomic E-state index is 2.28. The zero-order valence-corrected chi connectivity index (χ0v) is 9.89. The summed E-state index contributed by atoms with van der Waals surface area (Å²) in [5, 5.41) is 0. The van der Waals surface area contributed by atoms with Crippen LogP contribution in [-0.4, -0.2) is 51.1 Å². The zero-order valence-electron chi connectivity index (χ0n) is 9.89. The molecule has 0 saturated heterocycles. The molecule has 0 aromatic rings. The first-order chi connectivity index (χ1) is 5.45. The van der Waals surface area contributed by atoms with Crippen molar-refractivity contribution in [1.82, 2.24) is 9.80 Å². The van der Waals surface area contributed by atoms with Crippen molar-refractivity contribution >= 4 is 0 Å². The standard InChI is InChI=1S/C7H17N.C3H9N/c1-5-7(6-2)8(3)4;1-4(2)3/h7H,5-6H2,1-4H3;1-3H3. The fraction of sp³-hybridized carbons (Fsp3) is 1.00. The summed E-state index contributed by atoms with van der Waals surface area (Å²) >= 11 is 0. The maximum atomic E-state index is 2.28. The lowest BCUT2D eigenvalue weighted by Crippen LogP contribution is -2.25. The van der Waals surface area contributed by atoms with Crippen LogP contribution in [0.2, 0.25) is 0 Å². The van der Waals surface area contributed by atoms with Gasteiger partial charge in [-0.25, -0.2) is 0 Å². The third-order valence-corrected chi connectivity index (χ3v) is 1.67. The van der Waals surface area contributed by atoms with E-state index in [1.165, 1.54) is 12.8 Å². The van der Waals surface area contributed by atoms with Gasteiger partial charge in [0, 0.05) is 6.04 Å². The van der Waals surface area contributed by atoms with Gasteiger partial charge in [-0.2, -0.15) is 0 Å². The second-order valence-electron chi connectivity index (χ2n) is 3.78. The minimum atomic E-state index is 0.787. The molecular weight excluding hydrogens is 148 g/mol. The summed E-state index contributed by atoms with van der Waals surface area (Å²) in [4.78, 5) is 4.28. The molecule has 0 unspecified atom stereocenters. The van der Waals surface area contributed by atoms with E-state index in [0.29, 0.717) is 0 Å². The Morgan fingerprint density at radius 3 is 1.08 bits per heavy atom. The molecule has 0 fully saturated rings. The lowest BCUT2D eigenvalue weighted by Gasteiger charge is -2.20. The van der Waals surface area contributed by atoms with Crippen LogP contribution in [-0.2, 0) is 0 Å². The van der Waals surface area contributed by atoms with Crippen molar-refractivity contribution in [2.45, 2.75) is 32.7 Å². The van der Waals surface area contributed by atoms with Gasteiger partial charge in [0.2, 0.25) is 0 Å². The Labute approximate surface area is 78.5 Å². The molecule has 2 heteroatoms. The molecule has 0 atom stereocenters. The summed E-state index contributed by atoms with van der Waals surface area (Å²) < 4.78 is 0. The van der Waals surface area contributed by atoms with Gasteiger partial charge in [0.25, 0.3) is 0 Å². The van der Waals surface area contributed by atoms with Gasteiger partial charge in [-0.05, 0) is 48.1 Å². The summed E-state index contributed by atoms with van der Waals surface area (Å²) in [5.74, 6) is 0. The molecule has 0 N–H and O–H groups in total. The van der Waals surface area contributed by atoms with Crippen molar-refractivity contribution in [3.05, 3.63) is 0 Å². The lowest BCUT2D eigenvalue weighted by molar-refractivity contribution is 0.279. The van der Waals surface area contributed by atoms with Crippen molar-refractivity contribution < 1.29 is 0 Å². The topological polar surface area (TPSA) is 6.48 Å². The smallest absolute Gasteiger partial charge is 0.00839 e. The number of rotatable bonds is 3. The van der Waals surface area contributed by atoms with E-state index in [1.807, 2.05) is 26.0 Å². The minimum Gasteiger partial charge on any atom is -0.312 e. The summed E-state index contributed by atoms with van der Waals surface area (Å²) in [7, 11) is 10.3. The molecule has 0 aromatic heterocycles. The van der Waals surface area contributed by atoms with Gasteiger partial charge < -0.3 is 9.80 Å². The molecule has 0 bridgehead atoms. The predicted molar refractivity (Wildman–Crippen MR) is 57.7 cm³/mol. The van der Waals surface area contributed by atoms with Crippen molar-refractivity contribution in [3.63, 3.8) is 0 Å². The maximum Gasteiger partial charge on any atom is 0.00839 e. The molecule has 0 aliphatic rings. The SMILES string of the molecule is CCC(CC)N(C)C.CN(C)C. The van der Waals surface area contributed by atoms with Crippen LogP contribution >= 0.6 is 0 Å². The fourth-order valence-electron chi connectivity index (χ4n) is 1.02. The van der Waals surface area contributed by atoms with Crippen LogP contribution in [0.25, 0.3) is 0 Å². The fourth-order valence-corrected chi connectivity index (χ4v) is 1.02. The van der Waals surface area contributed by atoms with Gasteiger partial charge in [-0.15, -0.1) is 0 Å². The van der Waals surface area contributed by atoms with E-state index >= 15 is 0 Å². The summed E-state index contributed by atoms with van der Waals surface area (Å²) in [6.45, 7) is 4.46. The first-order valence-electron chi connectivity index (χ1n) is 4.72. The number of nitrogens with zero attached hydrogens (tertiary/aromatic N) is 2. The molecule has 0 aliphatic heterocycles. The normalized spacial score (nSPS) is 10.5. The van der Waals surface area contributed by atoms with E-state index < -0.39 is 0 Å². The molecule has 12 heavy (non-hydrogen) atoms. The van der Waals surface area contributed by atoms with E-state index in [0.717, 1.165) is 6.04 Å². The predicted octanol–water partition coefficient (Wildman–Crippen LogP) is 1.91. The van der Waals surface area contributed by atoms with Crippen LogP contribution < -0.4 is 0 Å². The summed E-state index contributed by atoms with van der Waals surface area (Å²) in [6, 6.07) is 0.787. The molecule has 0 heterocycles. The molecule has 0 aliphatic carbocycles. The highest BCUT2D eigenvalue weighted by Crippen LogP contribution is 2.01. The molecular formula is C10H26N2. The van der Waals surface area contributed by atoms with Crippen molar-refractivity contribution in [2.75, 3.05) is 35.2 Å². The van der Waals surface area contributed by atoms with Crippen LogP contribution in [0.4, 0.5) is 0 Å². The summed E-state index contributed by atoms with van der Waals surface area (Å²) in [6.07, 6.45) is 2.53. The van der Waals surface area contributed by atoms with E-state index in [9.17, 15) is 0 Å². The highest BCUT2D eigenvalue weighted by molar-refractivity contribution is 4.59. The van der Waals surface area contributed by atoms with Crippen LogP contribution in [0.15, 0.2) is 0 Å². The van der Waals surface area contributed by atoms with Crippen LogP contribution in [0.1, 0.15) is 26.7 Å². The van der Waals surface area contributed by atoms with Gasteiger partial charge in [0.1, 0.15) is 0 Å². The third-order valence-electron chi connectivity index (χ3n) is 1.67. The van der Waals surface area contributed by atoms with E-state index in [1.54, 1.807) is 0 Å². The number of hydrogen-bond donors (Lipinski definition) is 0. The molecule has 76 valence electrons. The Morgan fingerprint density at radius 1 is 0.833 bits per heavy atom. The highest BCUT2D eigenvalue weighted by Gasteiger charge is 2.02. The van der Waals surface area contributed by atoms with E-state index in [-0.39, 0.29) is 0 Å². The van der Waals surface area contributed by atoms with Gasteiger partial charge in [0.05, 0.1) is 0 Å². The monoisotopic (exact) mass is 174 g/mol. The molecule has 0 aromatic carbocycles. The second kappa shape index (κ2) is 9.01. The van der Waals surface area contributed by atoms with Gasteiger partial charge in [-0.3, -0.25) is 0 Å². The molecule has 0 radical (unpaired) electrons. The molecule has 0 amide bonds. The van der Waals surface area contributed by atoms with Gasteiger partial charge >= 0.3 is 0 Å². The Morgan fingerprint density at radius 2 is 1.08 bits per heavy atom. The van der Waals surface area contributed by atoms with Crippen molar-refractivity contribution in [3.8, 4) is 0 Å². The Hall–Kier alpha value is -0.0800. The average molecular weight is 174 g/mol. The van der Waals surface area contributed by atoms with E-state index in [2.05, 4.69) is 32.8 Å². The Kier molecular flexibility index (Phi) is 10.8. The van der Waals surface area contributed by atoms with Crippen molar-refractivity contribution in [1.29, 1.82) is 0 Å². The highest BCUT2D eigenvalue weighted by atomic mass is 15.1. The van der Waals surface area contributed by atoms with E-state index in [4.69, 9.17) is 0 Å². The van der Waals surface area contributed by atoms with Crippen LogP contribution in [0, 0.1) is 0 Å². The van der Waals surface area contributed by atoms with Gasteiger partial charge in [0.15, 0.2) is 0 Å². The van der Waals surface area contributed by atoms with Gasteiger partial charge in [-0.1, -0.05) is 13.8 Å². The molecule has 0 rings (SSSR count). The summed E-state index contributed by atoms with van der Waals surface area (Å²) in [5.41, 5.74) is 0. The molecule has 0 spiro atoms. The first-order valence-corrected chi connectivity index (χ1v) is 4.72. The number of hydrogen-bond acceptors (Lipinski definition) is 2. The third kappa shape index (κ3) is 12.6. The first kappa shape index (κ1) is 14.4.